The third-order valence-electron chi connectivity index (χ3n) is 2.20. The molecular formula is C15H16O7. The standard InChI is InChI=1S/C11H10O2.C4H6O5/c1-9(11(12)13)7-8-10-5-3-2-4-6-10;5-2(4(8)9)1-3(6)7/h2-8H,1H2,(H,12,13);2,5H,1H2,(H,6,7)(H,8,9). The van der Waals surface area contributed by atoms with Crippen LogP contribution in [0.3, 0.4) is 0 Å². The molecule has 0 aliphatic heterocycles. The average Bonchev–Trinajstić information content (AvgIpc) is 2.45. The molecule has 7 heteroatoms. The molecule has 0 radical (unpaired) electrons. The van der Waals surface area contributed by atoms with Crippen molar-refractivity contribution in [3.63, 3.8) is 0 Å². The third-order valence-corrected chi connectivity index (χ3v) is 2.20. The van der Waals surface area contributed by atoms with Gasteiger partial charge in [-0.3, -0.25) is 4.79 Å². The lowest BCUT2D eigenvalue weighted by Gasteiger charge is -1.97. The molecule has 0 amide bonds. The van der Waals surface area contributed by atoms with Crippen molar-refractivity contribution >= 4 is 24.0 Å². The molecule has 22 heavy (non-hydrogen) atoms. The third kappa shape index (κ3) is 9.05. The van der Waals surface area contributed by atoms with Gasteiger partial charge < -0.3 is 20.4 Å². The topological polar surface area (TPSA) is 132 Å². The van der Waals surface area contributed by atoms with Gasteiger partial charge >= 0.3 is 17.9 Å². The highest BCUT2D eigenvalue weighted by molar-refractivity contribution is 5.90. The molecule has 1 unspecified atom stereocenters. The number of aliphatic hydroxyl groups is 1. The first-order chi connectivity index (χ1) is 10.2. The van der Waals surface area contributed by atoms with Crippen molar-refractivity contribution in [1.82, 2.24) is 0 Å². The fraction of sp³-hybridized carbons (Fsp3) is 0.133. The van der Waals surface area contributed by atoms with E-state index in [1.807, 2.05) is 30.3 Å². The minimum Gasteiger partial charge on any atom is -0.481 e. The number of aliphatic carboxylic acids is 3. The van der Waals surface area contributed by atoms with Gasteiger partial charge in [-0.15, -0.1) is 0 Å². The molecule has 0 saturated heterocycles. The van der Waals surface area contributed by atoms with Crippen LogP contribution < -0.4 is 0 Å². The molecule has 0 saturated carbocycles. The van der Waals surface area contributed by atoms with Crippen LogP contribution in [-0.2, 0) is 14.4 Å². The van der Waals surface area contributed by atoms with E-state index in [1.54, 1.807) is 6.08 Å². The summed E-state index contributed by atoms with van der Waals surface area (Å²) < 4.78 is 0. The second-order valence-electron chi connectivity index (χ2n) is 4.03. The molecule has 4 N–H and O–H groups in total. The lowest BCUT2D eigenvalue weighted by Crippen LogP contribution is -2.22. The largest absolute Gasteiger partial charge is 0.481 e. The zero-order chi connectivity index (χ0) is 17.1. The Hall–Kier alpha value is -2.93. The molecule has 0 bridgehead atoms. The molecule has 7 nitrogen and oxygen atoms in total. The van der Waals surface area contributed by atoms with Crippen LogP contribution in [0, 0.1) is 0 Å². The van der Waals surface area contributed by atoms with Crippen molar-refractivity contribution in [1.29, 1.82) is 0 Å². The van der Waals surface area contributed by atoms with Gasteiger partial charge in [0.2, 0.25) is 0 Å². The van der Waals surface area contributed by atoms with Crippen LogP contribution >= 0.6 is 0 Å². The summed E-state index contributed by atoms with van der Waals surface area (Å²) >= 11 is 0. The highest BCUT2D eigenvalue weighted by Crippen LogP contribution is 2.03. The number of hydrogen-bond donors (Lipinski definition) is 4. The summed E-state index contributed by atoms with van der Waals surface area (Å²) in [6, 6.07) is 9.48. The summed E-state index contributed by atoms with van der Waals surface area (Å²) in [6.07, 6.45) is 0.659. The Kier molecular flexibility index (Phi) is 8.58. The Bertz CT molecular complexity index is 561. The zero-order valence-corrected chi connectivity index (χ0v) is 11.5. The van der Waals surface area contributed by atoms with Gasteiger partial charge in [-0.25, -0.2) is 9.59 Å². The van der Waals surface area contributed by atoms with Gasteiger partial charge in [-0.2, -0.15) is 0 Å². The minimum atomic E-state index is -1.79. The summed E-state index contributed by atoms with van der Waals surface area (Å²) in [5.74, 6) is -3.84. The van der Waals surface area contributed by atoms with Crippen molar-refractivity contribution in [3.05, 3.63) is 54.1 Å². The number of carbonyl (C=O) groups is 3. The predicted octanol–water partition coefficient (Wildman–Crippen LogP) is 1.25. The van der Waals surface area contributed by atoms with Crippen LogP contribution in [-0.4, -0.2) is 44.4 Å². The fourth-order valence-corrected chi connectivity index (χ4v) is 1.08. The van der Waals surface area contributed by atoms with Gasteiger partial charge in [-0.1, -0.05) is 43.0 Å². The van der Waals surface area contributed by atoms with Gasteiger partial charge in [0.05, 0.1) is 12.0 Å². The van der Waals surface area contributed by atoms with Crippen molar-refractivity contribution in [2.45, 2.75) is 12.5 Å². The van der Waals surface area contributed by atoms with E-state index in [4.69, 9.17) is 20.4 Å². The molecule has 0 heterocycles. The van der Waals surface area contributed by atoms with E-state index < -0.39 is 30.4 Å². The molecule has 1 atom stereocenters. The van der Waals surface area contributed by atoms with E-state index in [0.717, 1.165) is 5.56 Å². The van der Waals surface area contributed by atoms with E-state index in [1.165, 1.54) is 6.08 Å². The number of benzene rings is 1. The van der Waals surface area contributed by atoms with Crippen molar-refractivity contribution < 1.29 is 34.8 Å². The quantitative estimate of drug-likeness (QED) is 0.459. The first kappa shape index (κ1) is 19.1. The SMILES string of the molecule is C=C(C=Cc1ccccc1)C(=O)O.O=C(O)CC(O)C(=O)O. The summed E-state index contributed by atoms with van der Waals surface area (Å²) in [5, 5.41) is 32.7. The summed E-state index contributed by atoms with van der Waals surface area (Å²) in [4.78, 5) is 29.8. The smallest absolute Gasteiger partial charge is 0.335 e. The number of hydrogen-bond acceptors (Lipinski definition) is 4. The van der Waals surface area contributed by atoms with E-state index in [-0.39, 0.29) is 5.57 Å². The van der Waals surface area contributed by atoms with Crippen LogP contribution in [0.4, 0.5) is 0 Å². The number of carboxylic acids is 3. The molecular weight excluding hydrogens is 292 g/mol. The molecule has 1 aromatic rings. The molecule has 1 aromatic carbocycles. The first-order valence-corrected chi connectivity index (χ1v) is 6.02. The van der Waals surface area contributed by atoms with Crippen LogP contribution in [0.2, 0.25) is 0 Å². The minimum absolute atomic E-state index is 0.0869. The maximum atomic E-state index is 10.4. The zero-order valence-electron chi connectivity index (χ0n) is 11.5. The number of aliphatic hydroxyl groups excluding tert-OH is 1. The maximum Gasteiger partial charge on any atom is 0.335 e. The highest BCUT2D eigenvalue weighted by atomic mass is 16.4. The highest BCUT2D eigenvalue weighted by Gasteiger charge is 2.16. The summed E-state index contributed by atoms with van der Waals surface area (Å²) in [7, 11) is 0. The molecule has 0 aliphatic rings. The van der Waals surface area contributed by atoms with Gasteiger partial charge in [0.15, 0.2) is 6.10 Å². The van der Waals surface area contributed by atoms with Gasteiger partial charge in [-0.05, 0) is 11.6 Å². The van der Waals surface area contributed by atoms with E-state index >= 15 is 0 Å². The lowest BCUT2D eigenvalue weighted by atomic mass is 10.2. The Morgan fingerprint density at radius 3 is 2.00 bits per heavy atom. The maximum absolute atomic E-state index is 10.4. The molecule has 1 rings (SSSR count). The van der Waals surface area contributed by atoms with Crippen LogP contribution in [0.15, 0.2) is 48.6 Å². The molecule has 0 aliphatic carbocycles. The summed E-state index contributed by atoms with van der Waals surface area (Å²) in [6.45, 7) is 3.38. The van der Waals surface area contributed by atoms with Crippen molar-refractivity contribution in [3.8, 4) is 0 Å². The van der Waals surface area contributed by atoms with E-state index in [2.05, 4.69) is 6.58 Å². The Morgan fingerprint density at radius 2 is 1.64 bits per heavy atom. The Morgan fingerprint density at radius 1 is 1.09 bits per heavy atom. The van der Waals surface area contributed by atoms with E-state index in [0.29, 0.717) is 0 Å². The van der Waals surface area contributed by atoms with Gasteiger partial charge in [0.1, 0.15) is 0 Å². The van der Waals surface area contributed by atoms with Crippen LogP contribution in [0.1, 0.15) is 12.0 Å². The molecule has 0 spiro atoms. The normalized spacial score (nSPS) is 11.1. The average molecular weight is 308 g/mol. The van der Waals surface area contributed by atoms with Gasteiger partial charge in [0, 0.05) is 0 Å². The lowest BCUT2D eigenvalue weighted by molar-refractivity contribution is -0.152. The molecule has 0 aromatic heterocycles. The van der Waals surface area contributed by atoms with Crippen molar-refractivity contribution in [2.24, 2.45) is 0 Å². The van der Waals surface area contributed by atoms with Gasteiger partial charge in [0.25, 0.3) is 0 Å². The number of carboxylic acid groups (broad SMARTS) is 3. The second kappa shape index (κ2) is 9.89. The van der Waals surface area contributed by atoms with Crippen LogP contribution in [0.5, 0.6) is 0 Å². The summed E-state index contributed by atoms with van der Waals surface area (Å²) in [5.41, 5.74) is 1.05. The van der Waals surface area contributed by atoms with Crippen LogP contribution in [0.25, 0.3) is 6.08 Å². The fourth-order valence-electron chi connectivity index (χ4n) is 1.08. The number of rotatable bonds is 6. The van der Waals surface area contributed by atoms with E-state index in [9.17, 15) is 14.4 Å². The monoisotopic (exact) mass is 308 g/mol. The molecule has 0 fully saturated rings. The Labute approximate surface area is 126 Å². The second-order valence-corrected chi connectivity index (χ2v) is 4.03. The Balaban J connectivity index is 0.000000433. The van der Waals surface area contributed by atoms with Crippen molar-refractivity contribution in [2.75, 3.05) is 0 Å². The molecule has 118 valence electrons. The predicted molar refractivity (Wildman–Crippen MR) is 78.1 cm³/mol. The first-order valence-electron chi connectivity index (χ1n) is 6.02.